The molecule has 55 heavy (non-hydrogen) atoms. The summed E-state index contributed by atoms with van der Waals surface area (Å²) >= 11 is 0. The quantitative estimate of drug-likeness (QED) is 0.173. The highest BCUT2D eigenvalue weighted by atomic mass is 16.5. The molecule has 0 amide bonds. The molecule has 8 aromatic carbocycles. The molecule has 2 aromatic heterocycles. The number of aromatic nitrogens is 3. The van der Waals surface area contributed by atoms with Crippen LogP contribution >= 0.6 is 0 Å². The average molecular weight is 705 g/mol. The molecule has 5 heteroatoms. The molecule has 5 nitrogen and oxygen atoms in total. The lowest BCUT2D eigenvalue weighted by Gasteiger charge is -2.27. The monoisotopic (exact) mass is 704 g/mol. The molecular formula is C50H32N4O. The zero-order valence-electron chi connectivity index (χ0n) is 29.7. The van der Waals surface area contributed by atoms with E-state index in [0.717, 1.165) is 78.7 Å². The molecule has 0 atom stereocenters. The lowest BCUT2D eigenvalue weighted by Crippen LogP contribution is -2.11. The standard InChI is InChI=1S/C50H32N4O/c1-5-16-34(17-6-1)42-32-43(52-50(51-42)35-18-7-2-8-19-35)36-26-27-44-46(29-36)55-47-31-39(53(37-20-9-3-10-21-37)38-22-11-4-12-23-38)30-41-48-40-24-14-13-15-33(40)25-28-45(48)54(44)49(41)47/h1-32H. The van der Waals surface area contributed by atoms with E-state index >= 15 is 0 Å². The van der Waals surface area contributed by atoms with Crippen LogP contribution in [0.15, 0.2) is 194 Å². The van der Waals surface area contributed by atoms with E-state index in [1.54, 1.807) is 0 Å². The van der Waals surface area contributed by atoms with E-state index in [1.165, 1.54) is 16.2 Å². The first-order valence-corrected chi connectivity index (χ1v) is 18.5. The van der Waals surface area contributed by atoms with E-state index < -0.39 is 0 Å². The number of nitrogens with zero attached hydrogens (tertiary/aromatic N) is 4. The lowest BCUT2D eigenvalue weighted by atomic mass is 10.0. The van der Waals surface area contributed by atoms with Crippen molar-refractivity contribution >= 4 is 49.6 Å². The van der Waals surface area contributed by atoms with E-state index in [9.17, 15) is 0 Å². The molecule has 3 heterocycles. The van der Waals surface area contributed by atoms with Gasteiger partial charge in [0.2, 0.25) is 0 Å². The van der Waals surface area contributed by atoms with Crippen LogP contribution in [0.3, 0.4) is 0 Å². The number of ether oxygens (including phenoxy) is 1. The smallest absolute Gasteiger partial charge is 0.160 e. The summed E-state index contributed by atoms with van der Waals surface area (Å²) < 4.78 is 9.43. The van der Waals surface area contributed by atoms with Crippen molar-refractivity contribution in [2.24, 2.45) is 0 Å². The molecule has 0 aliphatic carbocycles. The molecule has 10 aromatic rings. The number of benzene rings is 8. The van der Waals surface area contributed by atoms with E-state index in [1.807, 2.05) is 36.4 Å². The molecule has 11 rings (SSSR count). The zero-order chi connectivity index (χ0) is 36.3. The predicted octanol–water partition coefficient (Wildman–Crippen LogP) is 13.3. The van der Waals surface area contributed by atoms with E-state index in [-0.39, 0.29) is 0 Å². The fourth-order valence-electron chi connectivity index (χ4n) is 8.05. The Bertz CT molecular complexity index is 2950. The van der Waals surface area contributed by atoms with E-state index in [2.05, 4.69) is 167 Å². The van der Waals surface area contributed by atoms with Crippen molar-refractivity contribution < 1.29 is 4.74 Å². The van der Waals surface area contributed by atoms with Crippen LogP contribution in [0.1, 0.15) is 0 Å². The maximum atomic E-state index is 7.05. The third-order valence-corrected chi connectivity index (χ3v) is 10.5. The summed E-state index contributed by atoms with van der Waals surface area (Å²) in [4.78, 5) is 12.5. The molecule has 0 bridgehead atoms. The third kappa shape index (κ3) is 5.17. The van der Waals surface area contributed by atoms with Crippen LogP contribution in [0.25, 0.3) is 72.2 Å². The molecule has 0 fully saturated rings. The van der Waals surface area contributed by atoms with Crippen LogP contribution in [-0.4, -0.2) is 14.5 Å². The highest BCUT2D eigenvalue weighted by molar-refractivity contribution is 6.23. The number of para-hydroxylation sites is 2. The van der Waals surface area contributed by atoms with Gasteiger partial charge in [-0.05, 0) is 65.4 Å². The minimum atomic E-state index is 0.678. The highest BCUT2D eigenvalue weighted by Gasteiger charge is 2.28. The fourth-order valence-corrected chi connectivity index (χ4v) is 8.05. The molecule has 0 unspecified atom stereocenters. The Morgan fingerprint density at radius 3 is 1.76 bits per heavy atom. The number of rotatable bonds is 6. The topological polar surface area (TPSA) is 43.2 Å². The molecule has 0 saturated carbocycles. The average Bonchev–Trinajstić information content (AvgIpc) is 3.60. The summed E-state index contributed by atoms with van der Waals surface area (Å²) in [5.41, 5.74) is 11.0. The van der Waals surface area contributed by atoms with Crippen molar-refractivity contribution in [3.63, 3.8) is 0 Å². The van der Waals surface area contributed by atoms with Gasteiger partial charge in [-0.25, -0.2) is 9.97 Å². The molecule has 0 spiro atoms. The number of anilines is 3. The fraction of sp³-hybridized carbons (Fsp3) is 0. The second kappa shape index (κ2) is 12.6. The second-order valence-electron chi connectivity index (χ2n) is 13.8. The van der Waals surface area contributed by atoms with Crippen LogP contribution in [0.5, 0.6) is 11.5 Å². The largest absolute Gasteiger partial charge is 0.453 e. The van der Waals surface area contributed by atoms with Gasteiger partial charge >= 0.3 is 0 Å². The van der Waals surface area contributed by atoms with Crippen molar-refractivity contribution in [1.29, 1.82) is 0 Å². The van der Waals surface area contributed by atoms with Crippen molar-refractivity contribution in [1.82, 2.24) is 14.5 Å². The Kier molecular flexibility index (Phi) is 7.10. The summed E-state index contributed by atoms with van der Waals surface area (Å²) in [6.07, 6.45) is 0. The van der Waals surface area contributed by atoms with Crippen molar-refractivity contribution in [3.8, 4) is 51.1 Å². The first kappa shape index (κ1) is 31.1. The van der Waals surface area contributed by atoms with Gasteiger partial charge in [0.25, 0.3) is 0 Å². The second-order valence-corrected chi connectivity index (χ2v) is 13.8. The summed E-state index contributed by atoms with van der Waals surface area (Å²) in [7, 11) is 0. The molecule has 1 aliphatic heterocycles. The number of hydrogen-bond acceptors (Lipinski definition) is 4. The maximum absolute atomic E-state index is 7.05. The Balaban J connectivity index is 1.15. The summed E-state index contributed by atoms with van der Waals surface area (Å²) in [6.45, 7) is 0. The number of fused-ring (bicyclic) bond motifs is 7. The molecule has 0 saturated heterocycles. The minimum absolute atomic E-state index is 0.678. The molecule has 0 radical (unpaired) electrons. The zero-order valence-corrected chi connectivity index (χ0v) is 29.7. The van der Waals surface area contributed by atoms with Gasteiger partial charge in [0.15, 0.2) is 17.3 Å². The highest BCUT2D eigenvalue weighted by Crippen LogP contribution is 2.50. The van der Waals surface area contributed by atoms with Gasteiger partial charge in [-0.1, -0.05) is 133 Å². The molecule has 258 valence electrons. The first-order chi connectivity index (χ1) is 27.3. The molecule has 1 aliphatic rings. The lowest BCUT2D eigenvalue weighted by molar-refractivity contribution is 0.477. The van der Waals surface area contributed by atoms with Gasteiger partial charge in [-0.15, -0.1) is 0 Å². The van der Waals surface area contributed by atoms with Crippen LogP contribution < -0.4 is 9.64 Å². The van der Waals surface area contributed by atoms with Crippen LogP contribution in [0.2, 0.25) is 0 Å². The summed E-state index contributed by atoms with van der Waals surface area (Å²) in [5.74, 6) is 2.24. The SMILES string of the molecule is c1ccc(-c2cc(-c3ccc4c(c3)Oc3cc(N(c5ccccc5)c5ccccc5)cc5c6c7ccccc7ccc6n-4c35)nc(-c3ccccc3)n2)cc1. The van der Waals surface area contributed by atoms with Gasteiger partial charge in [0.1, 0.15) is 0 Å². The van der Waals surface area contributed by atoms with Gasteiger partial charge in [-0.3, -0.25) is 0 Å². The normalized spacial score (nSPS) is 11.8. The Labute approximate surface area is 318 Å². The van der Waals surface area contributed by atoms with Crippen LogP contribution in [0, 0.1) is 0 Å². The van der Waals surface area contributed by atoms with E-state index in [4.69, 9.17) is 14.7 Å². The van der Waals surface area contributed by atoms with Crippen molar-refractivity contribution in [2.45, 2.75) is 0 Å². The third-order valence-electron chi connectivity index (χ3n) is 10.5. The Hall–Kier alpha value is -7.50. The summed E-state index contributed by atoms with van der Waals surface area (Å²) in [5, 5.41) is 4.75. The van der Waals surface area contributed by atoms with Crippen molar-refractivity contribution in [2.75, 3.05) is 4.90 Å². The van der Waals surface area contributed by atoms with Crippen molar-refractivity contribution in [3.05, 3.63) is 194 Å². The molecule has 0 N–H and O–H groups in total. The van der Waals surface area contributed by atoms with Gasteiger partial charge in [0.05, 0.1) is 33.8 Å². The van der Waals surface area contributed by atoms with Gasteiger partial charge in [-0.2, -0.15) is 0 Å². The van der Waals surface area contributed by atoms with Crippen LogP contribution in [0.4, 0.5) is 17.1 Å². The minimum Gasteiger partial charge on any atom is -0.453 e. The van der Waals surface area contributed by atoms with Gasteiger partial charge in [0, 0.05) is 44.9 Å². The Morgan fingerprint density at radius 2 is 1.05 bits per heavy atom. The van der Waals surface area contributed by atoms with Crippen LogP contribution in [-0.2, 0) is 0 Å². The first-order valence-electron chi connectivity index (χ1n) is 18.5. The van der Waals surface area contributed by atoms with E-state index in [0.29, 0.717) is 5.82 Å². The summed E-state index contributed by atoms with van der Waals surface area (Å²) in [6, 6.07) is 67.7. The number of hydrogen-bond donors (Lipinski definition) is 0. The predicted molar refractivity (Wildman–Crippen MR) is 225 cm³/mol. The maximum Gasteiger partial charge on any atom is 0.160 e. The Morgan fingerprint density at radius 1 is 0.436 bits per heavy atom. The van der Waals surface area contributed by atoms with Gasteiger partial charge < -0.3 is 14.2 Å². The molecular weight excluding hydrogens is 673 g/mol.